The molecule has 0 spiro atoms. The van der Waals surface area contributed by atoms with Crippen LogP contribution in [0.3, 0.4) is 0 Å². The fourth-order valence-electron chi connectivity index (χ4n) is 1.61. The SMILES string of the molecule is ClCC(Cc1cscn1)c1cccc(Cl)c1. The van der Waals surface area contributed by atoms with Crippen molar-refractivity contribution < 1.29 is 0 Å². The molecule has 1 atom stereocenters. The van der Waals surface area contributed by atoms with Crippen molar-refractivity contribution in [2.45, 2.75) is 12.3 Å². The molecule has 2 aromatic rings. The van der Waals surface area contributed by atoms with Crippen LogP contribution in [-0.2, 0) is 6.42 Å². The van der Waals surface area contributed by atoms with Gasteiger partial charge in [0, 0.05) is 22.2 Å². The first-order chi connectivity index (χ1) is 7.79. The molecule has 1 nitrogen and oxygen atoms in total. The summed E-state index contributed by atoms with van der Waals surface area (Å²) in [6.45, 7) is 0. The average Bonchev–Trinajstić information content (AvgIpc) is 2.78. The van der Waals surface area contributed by atoms with Gasteiger partial charge in [-0.05, 0) is 24.1 Å². The Morgan fingerprint density at radius 3 is 2.88 bits per heavy atom. The fourth-order valence-corrected chi connectivity index (χ4v) is 2.67. The van der Waals surface area contributed by atoms with Crippen LogP contribution in [0.5, 0.6) is 0 Å². The van der Waals surface area contributed by atoms with Gasteiger partial charge in [-0.1, -0.05) is 23.7 Å². The molecule has 1 aromatic heterocycles. The van der Waals surface area contributed by atoms with Crippen LogP contribution in [0.4, 0.5) is 0 Å². The second-order valence-corrected chi connectivity index (χ2v) is 5.05. The summed E-state index contributed by atoms with van der Waals surface area (Å²) in [5.74, 6) is 0.861. The number of nitrogens with zero attached hydrogens (tertiary/aromatic N) is 1. The minimum Gasteiger partial charge on any atom is -0.250 e. The standard InChI is InChI=1S/C12H11Cl2NS/c13-6-10(5-12-7-16-8-15-12)9-2-1-3-11(14)4-9/h1-4,7-8,10H,5-6H2. The Kier molecular flexibility index (Phi) is 4.22. The molecule has 0 aliphatic carbocycles. The molecule has 0 aliphatic rings. The monoisotopic (exact) mass is 271 g/mol. The van der Waals surface area contributed by atoms with Gasteiger partial charge in [-0.25, -0.2) is 4.98 Å². The Morgan fingerprint density at radius 1 is 1.38 bits per heavy atom. The van der Waals surface area contributed by atoms with Crippen LogP contribution in [0.25, 0.3) is 0 Å². The van der Waals surface area contributed by atoms with Crippen LogP contribution in [0.15, 0.2) is 35.2 Å². The molecule has 2 rings (SSSR count). The van der Waals surface area contributed by atoms with E-state index in [0.717, 1.165) is 17.1 Å². The predicted octanol–water partition coefficient (Wildman–Crippen LogP) is 4.36. The van der Waals surface area contributed by atoms with Crippen LogP contribution in [-0.4, -0.2) is 10.9 Å². The van der Waals surface area contributed by atoms with E-state index in [0.29, 0.717) is 5.88 Å². The number of halogens is 2. The van der Waals surface area contributed by atoms with E-state index in [2.05, 4.69) is 16.4 Å². The lowest BCUT2D eigenvalue weighted by atomic mass is 9.96. The van der Waals surface area contributed by atoms with Gasteiger partial charge in [0.2, 0.25) is 0 Å². The van der Waals surface area contributed by atoms with Crippen molar-refractivity contribution in [3.63, 3.8) is 0 Å². The number of hydrogen-bond acceptors (Lipinski definition) is 2. The van der Waals surface area contributed by atoms with E-state index >= 15 is 0 Å². The molecule has 4 heteroatoms. The largest absolute Gasteiger partial charge is 0.250 e. The number of hydrogen-bond donors (Lipinski definition) is 0. The lowest BCUT2D eigenvalue weighted by molar-refractivity contribution is 0.752. The molecule has 1 heterocycles. The maximum absolute atomic E-state index is 6.00. The van der Waals surface area contributed by atoms with Gasteiger partial charge < -0.3 is 0 Å². The molecule has 0 amide bonds. The molecule has 0 fully saturated rings. The van der Waals surface area contributed by atoms with E-state index in [1.54, 1.807) is 11.3 Å². The van der Waals surface area contributed by atoms with Gasteiger partial charge in [0.15, 0.2) is 0 Å². The zero-order chi connectivity index (χ0) is 11.4. The Morgan fingerprint density at radius 2 is 2.25 bits per heavy atom. The van der Waals surface area contributed by atoms with E-state index in [-0.39, 0.29) is 5.92 Å². The molecule has 0 radical (unpaired) electrons. The quantitative estimate of drug-likeness (QED) is 0.753. The first kappa shape index (κ1) is 11.9. The summed E-state index contributed by atoms with van der Waals surface area (Å²) in [5.41, 5.74) is 4.12. The van der Waals surface area contributed by atoms with Crippen molar-refractivity contribution in [2.24, 2.45) is 0 Å². The molecular weight excluding hydrogens is 261 g/mol. The summed E-state index contributed by atoms with van der Waals surface area (Å²) in [4.78, 5) is 4.28. The van der Waals surface area contributed by atoms with Gasteiger partial charge in [-0.2, -0.15) is 0 Å². The minimum absolute atomic E-state index is 0.280. The predicted molar refractivity (Wildman–Crippen MR) is 70.7 cm³/mol. The van der Waals surface area contributed by atoms with Crippen molar-refractivity contribution in [3.8, 4) is 0 Å². The van der Waals surface area contributed by atoms with Crippen LogP contribution < -0.4 is 0 Å². The molecule has 16 heavy (non-hydrogen) atoms. The number of thiazole rings is 1. The van der Waals surface area contributed by atoms with Gasteiger partial charge in [0.1, 0.15) is 0 Å². The topological polar surface area (TPSA) is 12.9 Å². The third-order valence-electron chi connectivity index (χ3n) is 2.45. The second-order valence-electron chi connectivity index (χ2n) is 3.59. The zero-order valence-corrected chi connectivity index (χ0v) is 10.9. The summed E-state index contributed by atoms with van der Waals surface area (Å²) in [7, 11) is 0. The normalized spacial score (nSPS) is 12.6. The minimum atomic E-state index is 0.280. The van der Waals surface area contributed by atoms with E-state index < -0.39 is 0 Å². The van der Waals surface area contributed by atoms with Gasteiger partial charge in [-0.15, -0.1) is 22.9 Å². The molecule has 84 valence electrons. The third-order valence-corrected chi connectivity index (χ3v) is 3.69. The summed E-state index contributed by atoms with van der Waals surface area (Å²) < 4.78 is 0. The Balaban J connectivity index is 2.16. The van der Waals surface area contributed by atoms with Crippen LogP contribution in [0, 0.1) is 0 Å². The molecule has 0 saturated carbocycles. The van der Waals surface area contributed by atoms with E-state index in [9.17, 15) is 0 Å². The van der Waals surface area contributed by atoms with E-state index in [1.165, 1.54) is 5.56 Å². The van der Waals surface area contributed by atoms with Crippen LogP contribution >= 0.6 is 34.5 Å². The Bertz CT molecular complexity index is 442. The Labute approximate surface area is 109 Å². The number of benzene rings is 1. The smallest absolute Gasteiger partial charge is 0.0794 e. The molecule has 1 aromatic carbocycles. The van der Waals surface area contributed by atoms with Gasteiger partial charge in [0.25, 0.3) is 0 Å². The highest BCUT2D eigenvalue weighted by atomic mass is 35.5. The highest BCUT2D eigenvalue weighted by Gasteiger charge is 2.12. The fraction of sp³-hybridized carbons (Fsp3) is 0.250. The lowest BCUT2D eigenvalue weighted by Crippen LogP contribution is -2.04. The van der Waals surface area contributed by atoms with Crippen LogP contribution in [0.2, 0.25) is 5.02 Å². The maximum Gasteiger partial charge on any atom is 0.0794 e. The summed E-state index contributed by atoms with van der Waals surface area (Å²) in [6.07, 6.45) is 0.868. The number of aromatic nitrogens is 1. The zero-order valence-electron chi connectivity index (χ0n) is 8.57. The van der Waals surface area contributed by atoms with Crippen molar-refractivity contribution >= 4 is 34.5 Å². The summed E-state index contributed by atoms with van der Waals surface area (Å²) in [6, 6.07) is 7.86. The molecule has 0 N–H and O–H groups in total. The average molecular weight is 272 g/mol. The first-order valence-corrected chi connectivity index (χ1v) is 6.83. The van der Waals surface area contributed by atoms with Gasteiger partial charge in [-0.3, -0.25) is 0 Å². The second kappa shape index (κ2) is 5.67. The lowest BCUT2D eigenvalue weighted by Gasteiger charge is -2.13. The highest BCUT2D eigenvalue weighted by molar-refractivity contribution is 7.07. The van der Waals surface area contributed by atoms with Crippen molar-refractivity contribution in [3.05, 3.63) is 51.4 Å². The maximum atomic E-state index is 6.00. The highest BCUT2D eigenvalue weighted by Crippen LogP contribution is 2.24. The van der Waals surface area contributed by atoms with Crippen molar-refractivity contribution in [1.29, 1.82) is 0 Å². The third kappa shape index (κ3) is 2.97. The van der Waals surface area contributed by atoms with Crippen molar-refractivity contribution in [1.82, 2.24) is 4.98 Å². The Hall–Kier alpha value is -0.570. The molecule has 0 saturated heterocycles. The molecular formula is C12H11Cl2NS. The molecule has 0 bridgehead atoms. The van der Waals surface area contributed by atoms with Gasteiger partial charge in [0.05, 0.1) is 11.2 Å². The summed E-state index contributed by atoms with van der Waals surface area (Å²) >= 11 is 13.6. The van der Waals surface area contributed by atoms with Crippen molar-refractivity contribution in [2.75, 3.05) is 5.88 Å². The first-order valence-electron chi connectivity index (χ1n) is 4.98. The molecule has 0 aliphatic heterocycles. The number of alkyl halides is 1. The number of rotatable bonds is 4. The van der Waals surface area contributed by atoms with E-state index in [4.69, 9.17) is 23.2 Å². The molecule has 1 unspecified atom stereocenters. The summed E-state index contributed by atoms with van der Waals surface area (Å²) in [5, 5.41) is 2.82. The van der Waals surface area contributed by atoms with Gasteiger partial charge >= 0.3 is 0 Å². The van der Waals surface area contributed by atoms with Crippen LogP contribution in [0.1, 0.15) is 17.2 Å². The van der Waals surface area contributed by atoms with E-state index in [1.807, 2.05) is 23.7 Å².